The predicted octanol–water partition coefficient (Wildman–Crippen LogP) is 5.58. The van der Waals surface area contributed by atoms with Gasteiger partial charge in [0.25, 0.3) is 0 Å². The van der Waals surface area contributed by atoms with Crippen molar-refractivity contribution in [2.75, 3.05) is 20.2 Å². The van der Waals surface area contributed by atoms with Crippen LogP contribution >= 0.6 is 11.8 Å². The molecule has 0 aliphatic carbocycles. The van der Waals surface area contributed by atoms with E-state index in [-0.39, 0.29) is 11.8 Å². The van der Waals surface area contributed by atoms with Crippen LogP contribution in [0.15, 0.2) is 64.4 Å². The molecule has 0 saturated heterocycles. The summed E-state index contributed by atoms with van der Waals surface area (Å²) in [5.41, 5.74) is 1.84. The standard InChI is InChI=1S/C23H23NO2S/c1-4-24(5-2)21-17-11-8-12-19(26-3)23(17)27-20-14-16-10-7-6-9-15(16)13-18(20)22(21)25/h6-14,21H,4-5H2,1-3H3. The van der Waals surface area contributed by atoms with Gasteiger partial charge in [-0.2, -0.15) is 0 Å². The minimum atomic E-state index is -0.292. The lowest BCUT2D eigenvalue weighted by molar-refractivity contribution is 0.0826. The maximum atomic E-state index is 13.7. The lowest BCUT2D eigenvalue weighted by Crippen LogP contribution is -2.34. The number of carbonyl (C=O) groups is 1. The maximum absolute atomic E-state index is 13.7. The number of rotatable bonds is 4. The maximum Gasteiger partial charge on any atom is 0.185 e. The molecule has 1 aliphatic heterocycles. The van der Waals surface area contributed by atoms with E-state index >= 15 is 0 Å². The monoisotopic (exact) mass is 377 g/mol. The van der Waals surface area contributed by atoms with Gasteiger partial charge in [-0.25, -0.2) is 0 Å². The summed E-state index contributed by atoms with van der Waals surface area (Å²) in [7, 11) is 1.69. The van der Waals surface area contributed by atoms with Gasteiger partial charge in [-0.15, -0.1) is 0 Å². The fourth-order valence-electron chi connectivity index (χ4n) is 3.86. The first-order valence-corrected chi connectivity index (χ1v) is 10.1. The molecular weight excluding hydrogens is 354 g/mol. The normalized spacial score (nSPS) is 16.1. The van der Waals surface area contributed by atoms with E-state index < -0.39 is 0 Å². The average Bonchev–Trinajstić information content (AvgIpc) is 2.82. The van der Waals surface area contributed by atoms with Gasteiger partial charge in [0.1, 0.15) is 11.8 Å². The van der Waals surface area contributed by atoms with Gasteiger partial charge in [-0.3, -0.25) is 9.69 Å². The lowest BCUT2D eigenvalue weighted by Gasteiger charge is -2.29. The molecular formula is C23H23NO2S. The number of hydrogen-bond acceptors (Lipinski definition) is 4. The molecule has 0 saturated carbocycles. The zero-order valence-electron chi connectivity index (χ0n) is 15.9. The molecule has 1 aliphatic rings. The largest absolute Gasteiger partial charge is 0.496 e. The van der Waals surface area contributed by atoms with Crippen molar-refractivity contribution in [3.05, 3.63) is 65.7 Å². The Bertz CT molecular complexity index is 1010. The van der Waals surface area contributed by atoms with Gasteiger partial charge in [0.05, 0.1) is 12.0 Å². The molecule has 0 radical (unpaired) electrons. The second kappa shape index (κ2) is 7.37. The molecule has 4 rings (SSSR count). The van der Waals surface area contributed by atoms with E-state index in [0.29, 0.717) is 0 Å². The highest BCUT2D eigenvalue weighted by molar-refractivity contribution is 7.99. The minimum absolute atomic E-state index is 0.166. The molecule has 27 heavy (non-hydrogen) atoms. The summed E-state index contributed by atoms with van der Waals surface area (Å²) in [4.78, 5) is 18.0. The van der Waals surface area contributed by atoms with Crippen LogP contribution < -0.4 is 4.74 Å². The van der Waals surface area contributed by atoms with Crippen LogP contribution in [0.25, 0.3) is 10.8 Å². The number of Topliss-reactive ketones (excluding diaryl/α,β-unsaturated/α-hetero) is 1. The molecule has 1 atom stereocenters. The lowest BCUT2D eigenvalue weighted by atomic mass is 9.94. The van der Waals surface area contributed by atoms with Crippen molar-refractivity contribution >= 4 is 28.3 Å². The molecule has 4 heteroatoms. The molecule has 0 aromatic heterocycles. The molecule has 0 fully saturated rings. The first-order chi connectivity index (χ1) is 13.2. The molecule has 3 nitrogen and oxygen atoms in total. The van der Waals surface area contributed by atoms with Crippen molar-refractivity contribution in [3.8, 4) is 5.75 Å². The SMILES string of the molecule is CCN(CC)C1C(=O)c2cc3ccccc3cc2Sc2c(OC)cccc21. The van der Waals surface area contributed by atoms with Crippen LogP contribution in [0, 0.1) is 0 Å². The number of carbonyl (C=O) groups excluding carboxylic acids is 1. The van der Waals surface area contributed by atoms with Gasteiger partial charge in [0.15, 0.2) is 5.78 Å². The Kier molecular flexibility index (Phi) is 4.94. The Hall–Kier alpha value is -2.30. The molecule has 138 valence electrons. The predicted molar refractivity (Wildman–Crippen MR) is 111 cm³/mol. The fourth-order valence-corrected chi connectivity index (χ4v) is 5.09. The number of ether oxygens (including phenoxy) is 1. The van der Waals surface area contributed by atoms with Crippen LogP contribution in [-0.4, -0.2) is 30.9 Å². The number of benzene rings is 3. The first kappa shape index (κ1) is 18.1. The third-order valence-corrected chi connectivity index (χ3v) is 6.47. The topological polar surface area (TPSA) is 29.5 Å². The molecule has 0 spiro atoms. The summed E-state index contributed by atoms with van der Waals surface area (Å²) in [6, 6.07) is 18.1. The van der Waals surface area contributed by atoms with E-state index in [2.05, 4.69) is 49.1 Å². The van der Waals surface area contributed by atoms with Crippen LogP contribution in [0.3, 0.4) is 0 Å². The number of methoxy groups -OCH3 is 1. The van der Waals surface area contributed by atoms with E-state index in [4.69, 9.17) is 4.74 Å². The van der Waals surface area contributed by atoms with Crippen molar-refractivity contribution < 1.29 is 9.53 Å². The summed E-state index contributed by atoms with van der Waals surface area (Å²) in [5, 5.41) is 2.25. The number of likely N-dealkylation sites (N-methyl/N-ethyl adjacent to an activating group) is 1. The molecule has 1 unspecified atom stereocenters. The zero-order valence-corrected chi connectivity index (χ0v) is 16.7. The highest BCUT2D eigenvalue weighted by atomic mass is 32.2. The van der Waals surface area contributed by atoms with Crippen LogP contribution in [0.5, 0.6) is 5.75 Å². The second-order valence-corrected chi connectivity index (χ2v) is 7.72. The van der Waals surface area contributed by atoms with Gasteiger partial charge in [0.2, 0.25) is 0 Å². The summed E-state index contributed by atoms with van der Waals surface area (Å²) in [5.74, 6) is 0.988. The Morgan fingerprint density at radius 1 is 1.00 bits per heavy atom. The summed E-state index contributed by atoms with van der Waals surface area (Å²) in [6.45, 7) is 5.85. The summed E-state index contributed by atoms with van der Waals surface area (Å²) >= 11 is 1.64. The zero-order chi connectivity index (χ0) is 19.0. The highest BCUT2D eigenvalue weighted by Gasteiger charge is 2.34. The van der Waals surface area contributed by atoms with Gasteiger partial charge < -0.3 is 4.74 Å². The number of hydrogen-bond donors (Lipinski definition) is 0. The molecule has 0 amide bonds. The van der Waals surface area contributed by atoms with Crippen LogP contribution in [0.1, 0.15) is 35.8 Å². The third-order valence-electron chi connectivity index (χ3n) is 5.28. The van der Waals surface area contributed by atoms with E-state index in [1.165, 1.54) is 0 Å². The molecule has 1 heterocycles. The summed E-state index contributed by atoms with van der Waals surface area (Å²) in [6.07, 6.45) is 0. The van der Waals surface area contributed by atoms with Gasteiger partial charge in [-0.05, 0) is 47.6 Å². The number of fused-ring (bicyclic) bond motifs is 3. The Labute approximate surface area is 164 Å². The van der Waals surface area contributed by atoms with Crippen molar-refractivity contribution in [3.63, 3.8) is 0 Å². The van der Waals surface area contributed by atoms with E-state index in [1.807, 2.05) is 24.3 Å². The molecule has 0 bridgehead atoms. The van der Waals surface area contributed by atoms with Crippen molar-refractivity contribution in [2.24, 2.45) is 0 Å². The highest BCUT2D eigenvalue weighted by Crippen LogP contribution is 2.47. The quantitative estimate of drug-likeness (QED) is 0.594. The average molecular weight is 378 g/mol. The van der Waals surface area contributed by atoms with Gasteiger partial charge in [0, 0.05) is 10.5 Å². The van der Waals surface area contributed by atoms with E-state index in [9.17, 15) is 4.79 Å². The van der Waals surface area contributed by atoms with E-state index in [1.54, 1.807) is 18.9 Å². The Morgan fingerprint density at radius 2 is 1.70 bits per heavy atom. The number of nitrogens with zero attached hydrogens (tertiary/aromatic N) is 1. The van der Waals surface area contributed by atoms with Crippen LogP contribution in [0.4, 0.5) is 0 Å². The van der Waals surface area contributed by atoms with Gasteiger partial charge >= 0.3 is 0 Å². The van der Waals surface area contributed by atoms with Crippen molar-refractivity contribution in [2.45, 2.75) is 29.7 Å². The molecule has 3 aromatic carbocycles. The smallest absolute Gasteiger partial charge is 0.185 e. The van der Waals surface area contributed by atoms with E-state index in [0.717, 1.165) is 50.5 Å². The summed E-state index contributed by atoms with van der Waals surface area (Å²) < 4.78 is 5.65. The minimum Gasteiger partial charge on any atom is -0.496 e. The Morgan fingerprint density at radius 3 is 2.37 bits per heavy atom. The van der Waals surface area contributed by atoms with Crippen LogP contribution in [-0.2, 0) is 0 Å². The van der Waals surface area contributed by atoms with Crippen molar-refractivity contribution in [1.82, 2.24) is 4.90 Å². The first-order valence-electron chi connectivity index (χ1n) is 9.33. The van der Waals surface area contributed by atoms with Gasteiger partial charge in [-0.1, -0.05) is 62.0 Å². The number of ketones is 1. The van der Waals surface area contributed by atoms with Crippen molar-refractivity contribution in [1.29, 1.82) is 0 Å². The second-order valence-electron chi connectivity index (χ2n) is 6.66. The third kappa shape index (κ3) is 3.03. The molecule has 3 aromatic rings. The Balaban J connectivity index is 2.00. The van der Waals surface area contributed by atoms with Crippen LogP contribution in [0.2, 0.25) is 0 Å². The fraction of sp³-hybridized carbons (Fsp3) is 0.261. The molecule has 0 N–H and O–H groups in total.